The zero-order valence-corrected chi connectivity index (χ0v) is 8.12. The third-order valence-electron chi connectivity index (χ3n) is 1.16. The van der Waals surface area contributed by atoms with Crippen LogP contribution < -0.4 is 0 Å². The van der Waals surface area contributed by atoms with E-state index in [0.717, 1.165) is 12.8 Å². The maximum Gasteiger partial charge on any atom is 0.289 e. The Morgan fingerprint density at radius 1 is 1.50 bits per heavy atom. The fourth-order valence-corrected chi connectivity index (χ4v) is 1.23. The number of unbranched alkanes of at least 4 members (excludes halogenated alkanes) is 1. The van der Waals surface area contributed by atoms with Crippen LogP contribution in [-0.2, 0) is 9.09 Å². The molecule has 0 aliphatic rings. The highest BCUT2D eigenvalue weighted by Crippen LogP contribution is 2.51. The summed E-state index contributed by atoms with van der Waals surface area (Å²) in [5.74, 6) is 0. The molecular weight excluding hydrogens is 170 g/mol. The molecule has 0 spiro atoms. The monoisotopic (exact) mass is 184 g/mol. The zero-order chi connectivity index (χ0) is 8.04. The summed E-state index contributed by atoms with van der Waals surface area (Å²) in [7, 11) is 0. The Hall–Kier alpha value is 0.480. The summed E-state index contributed by atoms with van der Waals surface area (Å²) in [4.78, 5) is 0. The van der Waals surface area contributed by atoms with Gasteiger partial charge in [-0.15, -0.1) is 0 Å². The van der Waals surface area contributed by atoms with Crippen molar-refractivity contribution in [1.82, 2.24) is 0 Å². The molecule has 0 amide bonds. The summed E-state index contributed by atoms with van der Waals surface area (Å²) < 4.78 is 15.9. The highest BCUT2D eigenvalue weighted by atomic mass is 35.7. The predicted octanol–water partition coefficient (Wildman–Crippen LogP) is 3.25. The Balaban J connectivity index is 3.38. The lowest BCUT2D eigenvalue weighted by Crippen LogP contribution is -1.89. The molecule has 62 valence electrons. The van der Waals surface area contributed by atoms with Crippen LogP contribution in [0, 0.1) is 0 Å². The maximum absolute atomic E-state index is 11.0. The van der Waals surface area contributed by atoms with Gasteiger partial charge in [0.15, 0.2) is 0 Å². The van der Waals surface area contributed by atoms with Gasteiger partial charge in [0.25, 0.3) is 6.72 Å². The van der Waals surface area contributed by atoms with Crippen molar-refractivity contribution in [2.45, 2.75) is 26.7 Å². The topological polar surface area (TPSA) is 26.3 Å². The van der Waals surface area contributed by atoms with Gasteiger partial charge in [0.1, 0.15) is 0 Å². The summed E-state index contributed by atoms with van der Waals surface area (Å²) in [5.41, 5.74) is 0. The fourth-order valence-electron chi connectivity index (χ4n) is 0.436. The summed E-state index contributed by atoms with van der Waals surface area (Å²) in [6.45, 7) is 1.60. The maximum atomic E-state index is 11.0. The van der Waals surface area contributed by atoms with E-state index in [2.05, 4.69) is 6.92 Å². The van der Waals surface area contributed by atoms with Gasteiger partial charge in [-0.1, -0.05) is 20.3 Å². The second-order valence-electron chi connectivity index (χ2n) is 2.09. The third kappa shape index (κ3) is 5.28. The second-order valence-corrected chi connectivity index (χ2v) is 5.71. The van der Waals surface area contributed by atoms with Crippen LogP contribution in [0.25, 0.3) is 0 Å². The normalized spacial score (nSPS) is 16.7. The lowest BCUT2D eigenvalue weighted by molar-refractivity contribution is 0.317. The predicted molar refractivity (Wildman–Crippen MR) is 44.9 cm³/mol. The van der Waals surface area contributed by atoms with Crippen LogP contribution in [0.2, 0.25) is 0 Å². The van der Waals surface area contributed by atoms with Gasteiger partial charge in [-0.05, 0) is 17.7 Å². The summed E-state index contributed by atoms with van der Waals surface area (Å²) in [6.07, 6.45) is 2.38. The molecule has 0 saturated carbocycles. The average molecular weight is 185 g/mol. The van der Waals surface area contributed by atoms with Crippen molar-refractivity contribution in [3.8, 4) is 0 Å². The van der Waals surface area contributed by atoms with Crippen LogP contribution >= 0.6 is 18.0 Å². The first kappa shape index (κ1) is 10.5. The first-order valence-electron chi connectivity index (χ1n) is 3.55. The minimum atomic E-state index is -2.73. The largest absolute Gasteiger partial charge is 0.318 e. The molecule has 0 aromatic rings. The molecule has 0 bridgehead atoms. The SMILES string of the molecule is CCCCOP(=O)(Cl)CC. The zero-order valence-electron chi connectivity index (χ0n) is 6.47. The van der Waals surface area contributed by atoms with E-state index in [1.807, 2.05) is 0 Å². The van der Waals surface area contributed by atoms with Gasteiger partial charge in [0.2, 0.25) is 0 Å². The molecule has 0 aliphatic carbocycles. The van der Waals surface area contributed by atoms with E-state index >= 15 is 0 Å². The average Bonchev–Trinajstić information content (AvgIpc) is 1.89. The standard InChI is InChI=1S/C6H14ClO2P/c1-3-5-6-9-10(7,8)4-2/h3-6H2,1-2H3. The molecule has 0 aromatic carbocycles. The van der Waals surface area contributed by atoms with Crippen LogP contribution in [0.4, 0.5) is 0 Å². The molecule has 1 unspecified atom stereocenters. The third-order valence-corrected chi connectivity index (χ3v) is 3.49. The Kier molecular flexibility index (Phi) is 5.42. The highest BCUT2D eigenvalue weighted by Gasteiger charge is 2.14. The fraction of sp³-hybridized carbons (Fsp3) is 1.00. The number of hydrogen-bond acceptors (Lipinski definition) is 2. The lowest BCUT2D eigenvalue weighted by atomic mass is 10.4. The molecule has 0 aromatic heterocycles. The Bertz CT molecular complexity index is 127. The molecule has 0 N–H and O–H groups in total. The van der Waals surface area contributed by atoms with E-state index in [0.29, 0.717) is 12.8 Å². The minimum Gasteiger partial charge on any atom is -0.318 e. The number of hydrogen-bond donors (Lipinski definition) is 0. The molecule has 10 heavy (non-hydrogen) atoms. The molecule has 1 atom stereocenters. The molecule has 0 rings (SSSR count). The van der Waals surface area contributed by atoms with E-state index in [-0.39, 0.29) is 0 Å². The Morgan fingerprint density at radius 2 is 2.10 bits per heavy atom. The van der Waals surface area contributed by atoms with Crippen LogP contribution in [0.3, 0.4) is 0 Å². The summed E-state index contributed by atoms with van der Waals surface area (Å²) >= 11 is 5.49. The highest BCUT2D eigenvalue weighted by molar-refractivity contribution is 7.85. The van der Waals surface area contributed by atoms with Crippen molar-refractivity contribution in [1.29, 1.82) is 0 Å². The first-order chi connectivity index (χ1) is 4.62. The Morgan fingerprint density at radius 3 is 2.50 bits per heavy atom. The van der Waals surface area contributed by atoms with Gasteiger partial charge >= 0.3 is 0 Å². The van der Waals surface area contributed by atoms with Crippen molar-refractivity contribution < 1.29 is 9.09 Å². The van der Waals surface area contributed by atoms with Gasteiger partial charge in [-0.3, -0.25) is 4.57 Å². The van der Waals surface area contributed by atoms with Gasteiger partial charge in [0, 0.05) is 6.16 Å². The summed E-state index contributed by atoms with van der Waals surface area (Å²) in [5, 5.41) is 0. The van der Waals surface area contributed by atoms with E-state index < -0.39 is 6.72 Å². The number of halogens is 1. The van der Waals surface area contributed by atoms with Crippen molar-refractivity contribution >= 4 is 18.0 Å². The van der Waals surface area contributed by atoms with Gasteiger partial charge in [-0.2, -0.15) is 0 Å². The molecular formula is C6H14ClO2P. The molecule has 0 fully saturated rings. The van der Waals surface area contributed by atoms with E-state index in [9.17, 15) is 4.57 Å². The molecule has 0 saturated heterocycles. The molecule has 2 nitrogen and oxygen atoms in total. The van der Waals surface area contributed by atoms with Crippen molar-refractivity contribution in [2.24, 2.45) is 0 Å². The van der Waals surface area contributed by atoms with Crippen LogP contribution in [0.15, 0.2) is 0 Å². The van der Waals surface area contributed by atoms with Crippen LogP contribution in [-0.4, -0.2) is 12.8 Å². The minimum absolute atomic E-state index is 0.415. The quantitative estimate of drug-likeness (QED) is 0.484. The first-order valence-corrected chi connectivity index (χ1v) is 6.27. The van der Waals surface area contributed by atoms with E-state index in [1.165, 1.54) is 0 Å². The summed E-state index contributed by atoms with van der Waals surface area (Å²) in [6, 6.07) is 0. The van der Waals surface area contributed by atoms with Crippen molar-refractivity contribution in [3.63, 3.8) is 0 Å². The van der Waals surface area contributed by atoms with Gasteiger partial charge in [0.05, 0.1) is 6.61 Å². The van der Waals surface area contributed by atoms with Crippen LogP contribution in [0.1, 0.15) is 26.7 Å². The molecule has 4 heteroatoms. The van der Waals surface area contributed by atoms with E-state index in [4.69, 9.17) is 15.8 Å². The van der Waals surface area contributed by atoms with Gasteiger partial charge < -0.3 is 4.52 Å². The van der Waals surface area contributed by atoms with Crippen molar-refractivity contribution in [3.05, 3.63) is 0 Å². The molecule has 0 radical (unpaired) electrons. The second kappa shape index (κ2) is 5.17. The van der Waals surface area contributed by atoms with Gasteiger partial charge in [-0.25, -0.2) is 0 Å². The Labute approximate surface area is 67.1 Å². The van der Waals surface area contributed by atoms with E-state index in [1.54, 1.807) is 6.92 Å². The van der Waals surface area contributed by atoms with Crippen molar-refractivity contribution in [2.75, 3.05) is 12.8 Å². The molecule has 0 heterocycles. The van der Waals surface area contributed by atoms with Crippen LogP contribution in [0.5, 0.6) is 0 Å². The smallest absolute Gasteiger partial charge is 0.289 e. The number of rotatable bonds is 5. The molecule has 0 aliphatic heterocycles. The lowest BCUT2D eigenvalue weighted by Gasteiger charge is -2.07.